The first-order valence-electron chi connectivity index (χ1n) is 5.67. The Balaban J connectivity index is 2.10. The molecule has 1 aliphatic carbocycles. The van der Waals surface area contributed by atoms with E-state index in [0.29, 0.717) is 18.8 Å². The lowest BCUT2D eigenvalue weighted by atomic mass is 9.83. The lowest BCUT2D eigenvalue weighted by molar-refractivity contribution is -0.253. The molecule has 0 bridgehead atoms. The molecule has 2 aliphatic rings. The van der Waals surface area contributed by atoms with Crippen LogP contribution in [0.25, 0.3) is 0 Å². The Bertz CT molecular complexity index is 329. The molecule has 1 fully saturated rings. The van der Waals surface area contributed by atoms with Crippen molar-refractivity contribution in [3.8, 4) is 0 Å². The van der Waals surface area contributed by atoms with Crippen LogP contribution in [0.2, 0.25) is 0 Å². The summed E-state index contributed by atoms with van der Waals surface area (Å²) >= 11 is 0. The van der Waals surface area contributed by atoms with Crippen LogP contribution in [-0.2, 0) is 14.3 Å². The van der Waals surface area contributed by atoms with Crippen LogP contribution in [0.3, 0.4) is 0 Å². The molecule has 90 valence electrons. The van der Waals surface area contributed by atoms with Gasteiger partial charge in [0.05, 0.1) is 0 Å². The van der Waals surface area contributed by atoms with Gasteiger partial charge in [-0.3, -0.25) is 0 Å². The number of ether oxygens (including phenoxy) is 2. The summed E-state index contributed by atoms with van der Waals surface area (Å²) in [7, 11) is 0. The number of aliphatic hydroxyl groups is 1. The molecule has 0 aromatic heterocycles. The van der Waals surface area contributed by atoms with Crippen LogP contribution >= 0.6 is 0 Å². The molecule has 0 unspecified atom stereocenters. The minimum Gasteiger partial charge on any atom is -0.479 e. The fourth-order valence-corrected chi connectivity index (χ4v) is 2.29. The predicted molar refractivity (Wildman–Crippen MR) is 56.0 cm³/mol. The van der Waals surface area contributed by atoms with Crippen molar-refractivity contribution in [3.05, 3.63) is 11.6 Å². The topological polar surface area (TPSA) is 81.8 Å². The molecular formula is C11H17NO4. The van der Waals surface area contributed by atoms with Gasteiger partial charge in [-0.2, -0.15) is 0 Å². The smallest absolute Gasteiger partial charge is 0.364 e. The highest BCUT2D eigenvalue weighted by atomic mass is 16.8. The SMILES string of the molecule is CCC1CCC2(CC1)OC(=O)C(N)=C(O)O2. The highest BCUT2D eigenvalue weighted by molar-refractivity contribution is 5.88. The summed E-state index contributed by atoms with van der Waals surface area (Å²) in [6, 6.07) is 0. The van der Waals surface area contributed by atoms with Gasteiger partial charge >= 0.3 is 11.9 Å². The van der Waals surface area contributed by atoms with Crippen molar-refractivity contribution in [2.75, 3.05) is 0 Å². The zero-order valence-corrected chi connectivity index (χ0v) is 9.36. The van der Waals surface area contributed by atoms with E-state index in [4.69, 9.17) is 15.2 Å². The normalized spacial score (nSPS) is 34.8. The van der Waals surface area contributed by atoms with Crippen molar-refractivity contribution < 1.29 is 19.4 Å². The molecule has 1 aliphatic heterocycles. The number of rotatable bonds is 1. The van der Waals surface area contributed by atoms with Crippen molar-refractivity contribution in [3.63, 3.8) is 0 Å². The largest absolute Gasteiger partial charge is 0.479 e. The summed E-state index contributed by atoms with van der Waals surface area (Å²) in [6.07, 6.45) is 4.24. The first kappa shape index (κ1) is 11.1. The molecule has 0 aromatic carbocycles. The number of esters is 1. The number of nitrogens with two attached hydrogens (primary N) is 1. The first-order valence-corrected chi connectivity index (χ1v) is 5.67. The van der Waals surface area contributed by atoms with Gasteiger partial charge in [0, 0.05) is 12.8 Å². The van der Waals surface area contributed by atoms with E-state index in [1.165, 1.54) is 0 Å². The highest BCUT2D eigenvalue weighted by Crippen LogP contribution is 2.40. The zero-order valence-electron chi connectivity index (χ0n) is 9.36. The van der Waals surface area contributed by atoms with E-state index in [0.717, 1.165) is 19.3 Å². The highest BCUT2D eigenvalue weighted by Gasteiger charge is 2.45. The number of carbonyl (C=O) groups excluding carboxylic acids is 1. The first-order chi connectivity index (χ1) is 7.56. The van der Waals surface area contributed by atoms with Crippen molar-refractivity contribution in [2.45, 2.75) is 44.8 Å². The van der Waals surface area contributed by atoms with Gasteiger partial charge in [0.25, 0.3) is 5.79 Å². The molecule has 5 nitrogen and oxygen atoms in total. The maximum Gasteiger partial charge on any atom is 0.364 e. The lowest BCUT2D eigenvalue weighted by Gasteiger charge is -2.40. The minimum absolute atomic E-state index is 0.344. The molecule has 2 rings (SSSR count). The van der Waals surface area contributed by atoms with Crippen LogP contribution in [0.5, 0.6) is 0 Å². The molecular weight excluding hydrogens is 210 g/mol. The lowest BCUT2D eigenvalue weighted by Crippen LogP contribution is -2.46. The summed E-state index contributed by atoms with van der Waals surface area (Å²) in [5.41, 5.74) is 4.95. The van der Waals surface area contributed by atoms with E-state index < -0.39 is 17.7 Å². The Morgan fingerprint density at radius 2 is 2.06 bits per heavy atom. The molecule has 0 aromatic rings. The Kier molecular flexibility index (Phi) is 2.69. The van der Waals surface area contributed by atoms with Gasteiger partial charge < -0.3 is 20.3 Å². The van der Waals surface area contributed by atoms with Gasteiger partial charge in [-0.25, -0.2) is 4.79 Å². The second-order valence-electron chi connectivity index (χ2n) is 4.47. The third kappa shape index (κ3) is 1.81. The van der Waals surface area contributed by atoms with Crippen LogP contribution in [0, 0.1) is 5.92 Å². The molecule has 1 heterocycles. The van der Waals surface area contributed by atoms with Crippen molar-refractivity contribution >= 4 is 5.97 Å². The van der Waals surface area contributed by atoms with Gasteiger partial charge in [-0.1, -0.05) is 13.3 Å². The van der Waals surface area contributed by atoms with Crippen molar-refractivity contribution in [1.82, 2.24) is 0 Å². The van der Waals surface area contributed by atoms with E-state index in [1.807, 2.05) is 0 Å². The molecule has 3 N–H and O–H groups in total. The summed E-state index contributed by atoms with van der Waals surface area (Å²) in [6.45, 7) is 2.14. The number of aliphatic hydroxyl groups excluding tert-OH is 1. The second-order valence-corrected chi connectivity index (χ2v) is 4.47. The van der Waals surface area contributed by atoms with Crippen LogP contribution in [0.4, 0.5) is 0 Å². The van der Waals surface area contributed by atoms with E-state index in [-0.39, 0.29) is 5.70 Å². The zero-order chi connectivity index (χ0) is 11.8. The number of hydrogen-bond donors (Lipinski definition) is 2. The molecule has 0 atom stereocenters. The quantitative estimate of drug-likeness (QED) is 0.664. The van der Waals surface area contributed by atoms with Crippen LogP contribution in [-0.4, -0.2) is 16.9 Å². The Morgan fingerprint density at radius 1 is 1.44 bits per heavy atom. The maximum absolute atomic E-state index is 11.4. The standard InChI is InChI=1S/C11H17NO4/c1-2-7-3-5-11(6-4-7)15-9(13)8(12)10(14)16-11/h7,13H,2-6,12H2,1H3. The van der Waals surface area contributed by atoms with Gasteiger partial charge in [0.1, 0.15) is 0 Å². The minimum atomic E-state index is -0.976. The van der Waals surface area contributed by atoms with Crippen LogP contribution in [0.1, 0.15) is 39.0 Å². The van der Waals surface area contributed by atoms with Gasteiger partial charge in [0.15, 0.2) is 5.70 Å². The van der Waals surface area contributed by atoms with Crippen molar-refractivity contribution in [2.24, 2.45) is 11.7 Å². The van der Waals surface area contributed by atoms with E-state index >= 15 is 0 Å². The molecule has 0 radical (unpaired) electrons. The van der Waals surface area contributed by atoms with Crippen molar-refractivity contribution in [1.29, 1.82) is 0 Å². The Labute approximate surface area is 94.2 Å². The fourth-order valence-electron chi connectivity index (χ4n) is 2.29. The third-order valence-electron chi connectivity index (χ3n) is 3.46. The van der Waals surface area contributed by atoms with E-state index in [1.54, 1.807) is 0 Å². The summed E-state index contributed by atoms with van der Waals surface area (Å²) in [5.74, 6) is -1.50. The Morgan fingerprint density at radius 3 is 2.56 bits per heavy atom. The maximum atomic E-state index is 11.4. The Hall–Kier alpha value is -1.39. The predicted octanol–water partition coefficient (Wildman–Crippen LogP) is 1.54. The molecule has 1 spiro atoms. The van der Waals surface area contributed by atoms with E-state index in [9.17, 15) is 9.90 Å². The molecule has 0 amide bonds. The van der Waals surface area contributed by atoms with E-state index in [2.05, 4.69) is 6.92 Å². The van der Waals surface area contributed by atoms with Gasteiger partial charge in [-0.05, 0) is 18.8 Å². The number of carbonyl (C=O) groups is 1. The molecule has 1 saturated carbocycles. The monoisotopic (exact) mass is 227 g/mol. The second kappa shape index (κ2) is 3.88. The number of hydrogen-bond acceptors (Lipinski definition) is 5. The van der Waals surface area contributed by atoms with Crippen LogP contribution < -0.4 is 5.73 Å². The summed E-state index contributed by atoms with van der Waals surface area (Å²) in [5, 5.41) is 9.42. The molecule has 16 heavy (non-hydrogen) atoms. The summed E-state index contributed by atoms with van der Waals surface area (Å²) < 4.78 is 10.4. The fraction of sp³-hybridized carbons (Fsp3) is 0.727. The van der Waals surface area contributed by atoms with Crippen LogP contribution in [0.15, 0.2) is 11.6 Å². The average Bonchev–Trinajstić information content (AvgIpc) is 2.27. The molecule has 0 saturated heterocycles. The molecule has 5 heteroatoms. The van der Waals surface area contributed by atoms with Gasteiger partial charge in [0.2, 0.25) is 0 Å². The van der Waals surface area contributed by atoms with Gasteiger partial charge in [-0.15, -0.1) is 0 Å². The summed E-state index contributed by atoms with van der Waals surface area (Å²) in [4.78, 5) is 11.4. The third-order valence-corrected chi connectivity index (χ3v) is 3.46. The average molecular weight is 227 g/mol.